The highest BCUT2D eigenvalue weighted by Gasteiger charge is 2.15. The number of carbonyl (C=O) groups excluding carboxylic acids is 1. The summed E-state index contributed by atoms with van der Waals surface area (Å²) in [5, 5.41) is 0. The van der Waals surface area contributed by atoms with Gasteiger partial charge in [0.25, 0.3) is 0 Å². The Morgan fingerprint density at radius 2 is 1.88 bits per heavy atom. The molecule has 1 heterocycles. The van der Waals surface area contributed by atoms with Crippen molar-refractivity contribution < 1.29 is 4.79 Å². The first-order chi connectivity index (χ1) is 8.25. The van der Waals surface area contributed by atoms with Crippen LogP contribution in [-0.4, -0.2) is 23.9 Å². The van der Waals surface area contributed by atoms with Gasteiger partial charge in [-0.1, -0.05) is 25.0 Å². The number of hydrogen-bond acceptors (Lipinski definition) is 2. The number of benzene rings is 1. The molecule has 1 amide bonds. The second kappa shape index (κ2) is 5.71. The quantitative estimate of drug-likeness (QED) is 0.795. The number of likely N-dealkylation sites (tertiary alicyclic amines) is 1. The summed E-state index contributed by atoms with van der Waals surface area (Å²) in [4.78, 5) is 14.1. The van der Waals surface area contributed by atoms with E-state index in [1.165, 1.54) is 12.8 Å². The van der Waals surface area contributed by atoms with Gasteiger partial charge < -0.3 is 10.6 Å². The van der Waals surface area contributed by atoms with E-state index in [1.54, 1.807) is 0 Å². The predicted octanol–water partition coefficient (Wildman–Crippen LogP) is 2.21. The monoisotopic (exact) mass is 232 g/mol. The van der Waals surface area contributed by atoms with Crippen molar-refractivity contribution in [3.63, 3.8) is 0 Å². The lowest BCUT2D eigenvalue weighted by atomic mass is 10.1. The standard InChI is InChI=1S/C14H20N2O/c15-13-7-5-6-12(10-13)11-14(17)16-8-3-1-2-4-9-16/h5-7,10H,1-4,8-9,11,15H2. The number of nitrogens with two attached hydrogens (primary N) is 1. The van der Waals surface area contributed by atoms with Crippen molar-refractivity contribution in [2.24, 2.45) is 0 Å². The minimum atomic E-state index is 0.234. The van der Waals surface area contributed by atoms with Crippen LogP contribution in [0.5, 0.6) is 0 Å². The van der Waals surface area contributed by atoms with E-state index in [1.807, 2.05) is 29.2 Å². The molecule has 1 aliphatic heterocycles. The second-order valence-corrected chi connectivity index (χ2v) is 4.72. The van der Waals surface area contributed by atoms with Crippen LogP contribution in [0.15, 0.2) is 24.3 Å². The Kier molecular flexibility index (Phi) is 4.02. The fraction of sp³-hybridized carbons (Fsp3) is 0.500. The van der Waals surface area contributed by atoms with E-state index in [4.69, 9.17) is 5.73 Å². The molecule has 0 radical (unpaired) electrons. The largest absolute Gasteiger partial charge is 0.399 e. The van der Waals surface area contributed by atoms with Crippen molar-refractivity contribution in [1.29, 1.82) is 0 Å². The molecule has 17 heavy (non-hydrogen) atoms. The van der Waals surface area contributed by atoms with Crippen molar-refractivity contribution >= 4 is 11.6 Å². The van der Waals surface area contributed by atoms with Gasteiger partial charge in [0.2, 0.25) is 5.91 Å². The molecule has 0 unspecified atom stereocenters. The van der Waals surface area contributed by atoms with Crippen LogP contribution < -0.4 is 5.73 Å². The summed E-state index contributed by atoms with van der Waals surface area (Å²) in [5.74, 6) is 0.234. The predicted molar refractivity (Wildman–Crippen MR) is 69.6 cm³/mol. The molecule has 2 N–H and O–H groups in total. The molecule has 3 heteroatoms. The maximum Gasteiger partial charge on any atom is 0.226 e. The average molecular weight is 232 g/mol. The lowest BCUT2D eigenvalue weighted by Gasteiger charge is -2.20. The van der Waals surface area contributed by atoms with Crippen LogP contribution in [0.1, 0.15) is 31.2 Å². The van der Waals surface area contributed by atoms with E-state index in [9.17, 15) is 4.79 Å². The minimum Gasteiger partial charge on any atom is -0.399 e. The van der Waals surface area contributed by atoms with Gasteiger partial charge in [-0.2, -0.15) is 0 Å². The number of amides is 1. The Labute approximate surface area is 103 Å². The summed E-state index contributed by atoms with van der Waals surface area (Å²) >= 11 is 0. The summed E-state index contributed by atoms with van der Waals surface area (Å²) in [6, 6.07) is 7.60. The number of nitrogens with zero attached hydrogens (tertiary/aromatic N) is 1. The zero-order valence-corrected chi connectivity index (χ0v) is 10.2. The van der Waals surface area contributed by atoms with Crippen LogP contribution >= 0.6 is 0 Å². The highest BCUT2D eigenvalue weighted by molar-refractivity contribution is 5.79. The maximum atomic E-state index is 12.1. The van der Waals surface area contributed by atoms with Gasteiger partial charge in [0.05, 0.1) is 6.42 Å². The minimum absolute atomic E-state index is 0.234. The van der Waals surface area contributed by atoms with Crippen LogP contribution in [0, 0.1) is 0 Å². The Hall–Kier alpha value is -1.51. The SMILES string of the molecule is Nc1cccc(CC(=O)N2CCCCCC2)c1. The van der Waals surface area contributed by atoms with Crippen LogP contribution in [0.3, 0.4) is 0 Å². The molecule has 1 aliphatic rings. The lowest BCUT2D eigenvalue weighted by Crippen LogP contribution is -2.33. The van der Waals surface area contributed by atoms with Gasteiger partial charge in [0, 0.05) is 18.8 Å². The molecule has 1 aromatic rings. The molecular formula is C14H20N2O. The van der Waals surface area contributed by atoms with Crippen LogP contribution in [-0.2, 0) is 11.2 Å². The zero-order chi connectivity index (χ0) is 12.1. The summed E-state index contributed by atoms with van der Waals surface area (Å²) in [7, 11) is 0. The Balaban J connectivity index is 1.95. The van der Waals surface area contributed by atoms with Gasteiger partial charge in [-0.15, -0.1) is 0 Å². The fourth-order valence-electron chi connectivity index (χ4n) is 2.31. The first kappa shape index (κ1) is 12.0. The Morgan fingerprint density at radius 1 is 1.18 bits per heavy atom. The average Bonchev–Trinajstić information content (AvgIpc) is 2.57. The number of carbonyl (C=O) groups is 1. The summed E-state index contributed by atoms with van der Waals surface area (Å²) in [6.07, 6.45) is 5.26. The van der Waals surface area contributed by atoms with Crippen LogP contribution in [0.25, 0.3) is 0 Å². The molecule has 92 valence electrons. The maximum absolute atomic E-state index is 12.1. The first-order valence-corrected chi connectivity index (χ1v) is 6.38. The van der Waals surface area contributed by atoms with E-state index in [0.717, 1.165) is 37.2 Å². The van der Waals surface area contributed by atoms with E-state index in [-0.39, 0.29) is 5.91 Å². The topological polar surface area (TPSA) is 46.3 Å². The van der Waals surface area contributed by atoms with Crippen LogP contribution in [0.4, 0.5) is 5.69 Å². The van der Waals surface area contributed by atoms with Gasteiger partial charge in [-0.25, -0.2) is 0 Å². The number of hydrogen-bond donors (Lipinski definition) is 1. The molecule has 1 saturated heterocycles. The lowest BCUT2D eigenvalue weighted by molar-refractivity contribution is -0.130. The molecule has 2 rings (SSSR count). The van der Waals surface area contributed by atoms with Crippen molar-refractivity contribution in [3.05, 3.63) is 29.8 Å². The van der Waals surface area contributed by atoms with E-state index >= 15 is 0 Å². The third kappa shape index (κ3) is 3.48. The third-order valence-electron chi connectivity index (χ3n) is 3.27. The summed E-state index contributed by atoms with van der Waals surface area (Å²) in [6.45, 7) is 1.84. The number of nitrogen functional groups attached to an aromatic ring is 1. The van der Waals surface area contributed by atoms with E-state index in [2.05, 4.69) is 0 Å². The molecule has 3 nitrogen and oxygen atoms in total. The molecule has 0 spiro atoms. The molecular weight excluding hydrogens is 212 g/mol. The van der Waals surface area contributed by atoms with Crippen molar-refractivity contribution in [2.75, 3.05) is 18.8 Å². The summed E-state index contributed by atoms with van der Waals surface area (Å²) in [5.41, 5.74) is 7.45. The second-order valence-electron chi connectivity index (χ2n) is 4.72. The Morgan fingerprint density at radius 3 is 2.53 bits per heavy atom. The smallest absolute Gasteiger partial charge is 0.226 e. The fourth-order valence-corrected chi connectivity index (χ4v) is 2.31. The molecule has 0 aromatic heterocycles. The molecule has 1 fully saturated rings. The number of rotatable bonds is 2. The van der Waals surface area contributed by atoms with Gasteiger partial charge in [-0.3, -0.25) is 4.79 Å². The highest BCUT2D eigenvalue weighted by Crippen LogP contribution is 2.13. The zero-order valence-electron chi connectivity index (χ0n) is 10.2. The molecule has 0 saturated carbocycles. The highest BCUT2D eigenvalue weighted by atomic mass is 16.2. The number of anilines is 1. The van der Waals surface area contributed by atoms with Gasteiger partial charge in [-0.05, 0) is 30.5 Å². The molecule has 0 atom stereocenters. The van der Waals surface area contributed by atoms with Gasteiger partial charge in [0.15, 0.2) is 0 Å². The third-order valence-corrected chi connectivity index (χ3v) is 3.27. The van der Waals surface area contributed by atoms with Crippen LogP contribution in [0.2, 0.25) is 0 Å². The van der Waals surface area contributed by atoms with Crippen molar-refractivity contribution in [1.82, 2.24) is 4.90 Å². The molecule has 1 aromatic carbocycles. The first-order valence-electron chi connectivity index (χ1n) is 6.38. The van der Waals surface area contributed by atoms with E-state index in [0.29, 0.717) is 6.42 Å². The molecule has 0 aliphatic carbocycles. The van der Waals surface area contributed by atoms with E-state index < -0.39 is 0 Å². The van der Waals surface area contributed by atoms with Crippen molar-refractivity contribution in [2.45, 2.75) is 32.1 Å². The normalized spacial score (nSPS) is 16.6. The molecule has 0 bridgehead atoms. The Bertz CT molecular complexity index is 382. The summed E-state index contributed by atoms with van der Waals surface area (Å²) < 4.78 is 0. The van der Waals surface area contributed by atoms with Gasteiger partial charge in [0.1, 0.15) is 0 Å². The van der Waals surface area contributed by atoms with Crippen molar-refractivity contribution in [3.8, 4) is 0 Å². The van der Waals surface area contributed by atoms with Gasteiger partial charge >= 0.3 is 0 Å².